The molecule has 13 heavy (non-hydrogen) atoms. The smallest absolute Gasteiger partial charge is 0.0897 e. The van der Waals surface area contributed by atoms with Crippen LogP contribution in [0.5, 0.6) is 0 Å². The Balaban J connectivity index is 2.45. The molecule has 0 spiro atoms. The minimum atomic E-state index is 0.451. The van der Waals surface area contributed by atoms with E-state index in [2.05, 4.69) is 36.1 Å². The second kappa shape index (κ2) is 4.42. The minimum Gasteiger partial charge on any atom is -0.386 e. The van der Waals surface area contributed by atoms with E-state index < -0.39 is 0 Å². The average Bonchev–Trinajstić information content (AvgIpc) is 2.33. The van der Waals surface area contributed by atoms with E-state index in [-0.39, 0.29) is 0 Å². The normalized spacial score (nSPS) is 10.5. The quantitative estimate of drug-likeness (QED) is 0.800. The number of nitrogens with one attached hydrogen (secondary N) is 1. The lowest BCUT2D eigenvalue weighted by Gasteiger charge is -2.11. The number of nitrogens with zero attached hydrogens (tertiary/aromatic N) is 1. The van der Waals surface area contributed by atoms with Gasteiger partial charge < -0.3 is 5.32 Å². The Morgan fingerprint density at radius 1 is 1.69 bits per heavy atom. The Morgan fingerprint density at radius 2 is 2.38 bits per heavy atom. The summed E-state index contributed by atoms with van der Waals surface area (Å²) in [7, 11) is 0. The molecule has 0 aliphatic rings. The van der Waals surface area contributed by atoms with Gasteiger partial charge in [-0.15, -0.1) is 11.3 Å². The van der Waals surface area contributed by atoms with Gasteiger partial charge in [-0.2, -0.15) is 0 Å². The van der Waals surface area contributed by atoms with E-state index in [0.717, 1.165) is 22.8 Å². The zero-order valence-electron chi connectivity index (χ0n) is 8.42. The van der Waals surface area contributed by atoms with Gasteiger partial charge in [0.05, 0.1) is 10.7 Å². The Morgan fingerprint density at radius 3 is 2.85 bits per heavy atom. The molecule has 1 N–H and O–H groups in total. The van der Waals surface area contributed by atoms with E-state index in [1.165, 1.54) is 0 Å². The van der Waals surface area contributed by atoms with E-state index in [4.69, 9.17) is 0 Å². The zero-order valence-corrected chi connectivity index (χ0v) is 9.24. The summed E-state index contributed by atoms with van der Waals surface area (Å²) in [5.74, 6) is 0. The molecule has 0 bridgehead atoms. The third kappa shape index (κ3) is 3.59. The van der Waals surface area contributed by atoms with Crippen LogP contribution >= 0.6 is 11.3 Å². The first kappa shape index (κ1) is 10.3. The second-order valence-electron chi connectivity index (χ2n) is 3.44. The summed E-state index contributed by atoms with van der Waals surface area (Å²) in [6.45, 7) is 10.2. The highest BCUT2D eigenvalue weighted by atomic mass is 32.1. The molecule has 1 rings (SSSR count). The molecule has 1 heterocycles. The maximum absolute atomic E-state index is 4.38. The van der Waals surface area contributed by atoms with Crippen LogP contribution < -0.4 is 5.32 Å². The average molecular weight is 196 g/mol. The van der Waals surface area contributed by atoms with Crippen molar-refractivity contribution in [3.05, 3.63) is 28.4 Å². The first-order valence-corrected chi connectivity index (χ1v) is 5.31. The van der Waals surface area contributed by atoms with Gasteiger partial charge in [-0.05, 0) is 20.8 Å². The van der Waals surface area contributed by atoms with Crippen LogP contribution in [-0.4, -0.2) is 11.0 Å². The standard InChI is InChI=1S/C10H16N2S/c1-7(2)11-8(3)5-10-6-13-9(4)12-10/h6-7,11H,3,5H2,1-2,4H3. The molecular weight excluding hydrogens is 180 g/mol. The van der Waals surface area contributed by atoms with Crippen molar-refractivity contribution in [2.75, 3.05) is 0 Å². The van der Waals surface area contributed by atoms with E-state index in [0.29, 0.717) is 6.04 Å². The molecular formula is C10H16N2S. The first-order chi connectivity index (χ1) is 6.08. The molecule has 0 aliphatic carbocycles. The van der Waals surface area contributed by atoms with Crippen LogP contribution in [0.1, 0.15) is 24.5 Å². The summed E-state index contributed by atoms with van der Waals surface area (Å²) in [5, 5.41) is 6.47. The van der Waals surface area contributed by atoms with Gasteiger partial charge in [0.15, 0.2) is 0 Å². The van der Waals surface area contributed by atoms with E-state index in [1.54, 1.807) is 11.3 Å². The summed E-state index contributed by atoms with van der Waals surface area (Å²) in [6, 6.07) is 0.451. The van der Waals surface area contributed by atoms with Gasteiger partial charge in [-0.25, -0.2) is 4.98 Å². The number of hydrogen-bond donors (Lipinski definition) is 1. The van der Waals surface area contributed by atoms with Crippen LogP contribution in [0.2, 0.25) is 0 Å². The lowest BCUT2D eigenvalue weighted by atomic mass is 10.2. The van der Waals surface area contributed by atoms with Crippen LogP contribution in [0.4, 0.5) is 0 Å². The van der Waals surface area contributed by atoms with E-state index in [1.807, 2.05) is 6.92 Å². The summed E-state index contributed by atoms with van der Waals surface area (Å²) in [5.41, 5.74) is 2.15. The van der Waals surface area contributed by atoms with Crippen LogP contribution in [0, 0.1) is 6.92 Å². The Hall–Kier alpha value is -0.830. The molecule has 0 saturated heterocycles. The zero-order chi connectivity index (χ0) is 9.84. The molecule has 1 aromatic rings. The summed E-state index contributed by atoms with van der Waals surface area (Å²) < 4.78 is 0. The van der Waals surface area contributed by atoms with Gasteiger partial charge >= 0.3 is 0 Å². The SMILES string of the molecule is C=C(Cc1csc(C)n1)NC(C)C. The largest absolute Gasteiger partial charge is 0.386 e. The molecule has 0 unspecified atom stereocenters. The summed E-state index contributed by atoms with van der Waals surface area (Å²) in [4.78, 5) is 4.38. The number of aryl methyl sites for hydroxylation is 1. The van der Waals surface area contributed by atoms with Crippen molar-refractivity contribution >= 4 is 11.3 Å². The number of hydrogen-bond acceptors (Lipinski definition) is 3. The van der Waals surface area contributed by atoms with Gasteiger partial charge in [-0.1, -0.05) is 6.58 Å². The van der Waals surface area contributed by atoms with Crippen molar-refractivity contribution in [2.45, 2.75) is 33.2 Å². The van der Waals surface area contributed by atoms with Gasteiger partial charge in [0.2, 0.25) is 0 Å². The van der Waals surface area contributed by atoms with Crippen molar-refractivity contribution in [3.63, 3.8) is 0 Å². The fourth-order valence-electron chi connectivity index (χ4n) is 1.17. The van der Waals surface area contributed by atoms with Crippen molar-refractivity contribution in [1.82, 2.24) is 10.3 Å². The van der Waals surface area contributed by atoms with Crippen LogP contribution in [-0.2, 0) is 6.42 Å². The first-order valence-electron chi connectivity index (χ1n) is 4.43. The molecule has 0 amide bonds. The number of thiazole rings is 1. The van der Waals surface area contributed by atoms with Gasteiger partial charge in [0.1, 0.15) is 0 Å². The van der Waals surface area contributed by atoms with Crippen molar-refractivity contribution < 1.29 is 0 Å². The summed E-state index contributed by atoms with van der Waals surface area (Å²) >= 11 is 1.69. The highest BCUT2D eigenvalue weighted by Crippen LogP contribution is 2.10. The molecule has 0 fully saturated rings. The molecule has 1 aromatic heterocycles. The molecule has 0 aromatic carbocycles. The minimum absolute atomic E-state index is 0.451. The van der Waals surface area contributed by atoms with Crippen molar-refractivity contribution in [3.8, 4) is 0 Å². The van der Waals surface area contributed by atoms with E-state index >= 15 is 0 Å². The predicted molar refractivity (Wildman–Crippen MR) is 58.0 cm³/mol. The molecule has 0 atom stereocenters. The van der Waals surface area contributed by atoms with Gasteiger partial charge in [0, 0.05) is 23.5 Å². The molecule has 0 aliphatic heterocycles. The lowest BCUT2D eigenvalue weighted by Crippen LogP contribution is -2.22. The highest BCUT2D eigenvalue weighted by Gasteiger charge is 2.01. The van der Waals surface area contributed by atoms with E-state index in [9.17, 15) is 0 Å². The van der Waals surface area contributed by atoms with Crippen LogP contribution in [0.3, 0.4) is 0 Å². The Bertz CT molecular complexity index is 289. The maximum atomic E-state index is 4.38. The van der Waals surface area contributed by atoms with Gasteiger partial charge in [0.25, 0.3) is 0 Å². The van der Waals surface area contributed by atoms with Crippen molar-refractivity contribution in [2.24, 2.45) is 0 Å². The second-order valence-corrected chi connectivity index (χ2v) is 4.50. The fraction of sp³-hybridized carbons (Fsp3) is 0.500. The number of aromatic nitrogens is 1. The van der Waals surface area contributed by atoms with Crippen LogP contribution in [0.25, 0.3) is 0 Å². The van der Waals surface area contributed by atoms with Crippen LogP contribution in [0.15, 0.2) is 17.7 Å². The monoisotopic (exact) mass is 196 g/mol. The van der Waals surface area contributed by atoms with Gasteiger partial charge in [-0.3, -0.25) is 0 Å². The Labute approximate surface area is 83.7 Å². The highest BCUT2D eigenvalue weighted by molar-refractivity contribution is 7.09. The number of allylic oxidation sites excluding steroid dienone is 1. The molecule has 0 saturated carbocycles. The molecule has 3 heteroatoms. The topological polar surface area (TPSA) is 24.9 Å². The summed E-state index contributed by atoms with van der Waals surface area (Å²) in [6.07, 6.45) is 0.836. The third-order valence-electron chi connectivity index (χ3n) is 1.55. The molecule has 72 valence electrons. The predicted octanol–water partition coefficient (Wildman–Crippen LogP) is 2.51. The molecule has 0 radical (unpaired) electrons. The fourth-order valence-corrected chi connectivity index (χ4v) is 1.78. The lowest BCUT2D eigenvalue weighted by molar-refractivity contribution is 0.655. The third-order valence-corrected chi connectivity index (χ3v) is 2.38. The van der Waals surface area contributed by atoms with Crippen molar-refractivity contribution in [1.29, 1.82) is 0 Å². The number of rotatable bonds is 4. The molecule has 2 nitrogen and oxygen atoms in total. The Kier molecular flexibility index (Phi) is 3.48. The maximum Gasteiger partial charge on any atom is 0.0897 e.